The van der Waals surface area contributed by atoms with E-state index in [4.69, 9.17) is 0 Å². The fraction of sp³-hybridized carbons (Fsp3) is 0.200. The third-order valence-corrected chi connectivity index (χ3v) is 2.89. The molecule has 1 aliphatic carbocycles. The molecule has 0 nitrogen and oxygen atoms in total. The maximum Gasteiger partial charge on any atom is 0.280 e. The first-order valence-corrected chi connectivity index (χ1v) is 4.95. The zero-order valence-electron chi connectivity index (χ0n) is 7.33. The van der Waals surface area contributed by atoms with Gasteiger partial charge in [-0.3, -0.25) is 0 Å². The Balaban J connectivity index is 2.81. The lowest BCUT2D eigenvalue weighted by molar-refractivity contribution is -0.00650. The van der Waals surface area contributed by atoms with Gasteiger partial charge in [-0.05, 0) is 6.07 Å². The lowest BCUT2D eigenvalue weighted by Gasteiger charge is -2.22. The van der Waals surface area contributed by atoms with E-state index in [1.54, 1.807) is 0 Å². The van der Waals surface area contributed by atoms with E-state index >= 15 is 0 Å². The quantitative estimate of drug-likeness (QED) is 0.493. The normalized spacial score (nSPS) is 17.7. The molecule has 5 heteroatoms. The standard InChI is InChI=1S/C10H5BrF4/c11-6-4-7(12)9(13)8-5(6)2-1-3-10(8,14)15/h1-2,4H,3H2. The van der Waals surface area contributed by atoms with Gasteiger partial charge < -0.3 is 0 Å². The second-order valence-corrected chi connectivity index (χ2v) is 4.11. The van der Waals surface area contributed by atoms with Crippen molar-refractivity contribution in [2.75, 3.05) is 0 Å². The summed E-state index contributed by atoms with van der Waals surface area (Å²) in [6.07, 6.45) is 2.00. The van der Waals surface area contributed by atoms with Gasteiger partial charge in [0, 0.05) is 16.5 Å². The van der Waals surface area contributed by atoms with Crippen molar-refractivity contribution in [3.63, 3.8) is 0 Å². The molecule has 0 saturated carbocycles. The monoisotopic (exact) mass is 280 g/mol. The highest BCUT2D eigenvalue weighted by atomic mass is 79.9. The first-order chi connectivity index (χ1) is 6.93. The van der Waals surface area contributed by atoms with Crippen molar-refractivity contribution in [3.05, 3.63) is 39.4 Å². The van der Waals surface area contributed by atoms with Gasteiger partial charge in [-0.1, -0.05) is 28.1 Å². The summed E-state index contributed by atoms with van der Waals surface area (Å²) in [5.41, 5.74) is -0.859. The summed E-state index contributed by atoms with van der Waals surface area (Å²) in [7, 11) is 0. The number of fused-ring (bicyclic) bond motifs is 1. The lowest BCUT2D eigenvalue weighted by Crippen LogP contribution is -2.20. The number of rotatable bonds is 0. The Kier molecular flexibility index (Phi) is 2.37. The molecule has 0 saturated heterocycles. The Bertz CT molecular complexity index is 451. The van der Waals surface area contributed by atoms with Crippen LogP contribution in [0.4, 0.5) is 17.6 Å². The van der Waals surface area contributed by atoms with Crippen LogP contribution >= 0.6 is 15.9 Å². The van der Waals surface area contributed by atoms with E-state index in [9.17, 15) is 17.6 Å². The third kappa shape index (κ3) is 1.58. The average Bonchev–Trinajstić information content (AvgIpc) is 2.13. The zero-order valence-corrected chi connectivity index (χ0v) is 8.91. The van der Waals surface area contributed by atoms with Crippen LogP contribution in [0.15, 0.2) is 16.6 Å². The van der Waals surface area contributed by atoms with Gasteiger partial charge in [0.15, 0.2) is 11.6 Å². The Morgan fingerprint density at radius 1 is 1.27 bits per heavy atom. The second-order valence-electron chi connectivity index (χ2n) is 3.25. The Labute approximate surface area is 91.7 Å². The molecule has 1 aromatic rings. The minimum absolute atomic E-state index is 0.00477. The molecule has 1 aromatic carbocycles. The molecule has 0 fully saturated rings. The average molecular weight is 281 g/mol. The lowest BCUT2D eigenvalue weighted by atomic mass is 9.93. The topological polar surface area (TPSA) is 0 Å². The molecule has 0 amide bonds. The maximum atomic E-state index is 13.3. The van der Waals surface area contributed by atoms with Crippen molar-refractivity contribution in [1.82, 2.24) is 0 Å². The highest BCUT2D eigenvalue weighted by Crippen LogP contribution is 2.43. The van der Waals surface area contributed by atoms with Crippen LogP contribution in [0.5, 0.6) is 0 Å². The van der Waals surface area contributed by atoms with Crippen molar-refractivity contribution in [2.24, 2.45) is 0 Å². The third-order valence-electron chi connectivity index (χ3n) is 2.23. The van der Waals surface area contributed by atoms with Gasteiger partial charge in [-0.2, -0.15) is 0 Å². The molecule has 0 bridgehead atoms. The number of hydrogen-bond acceptors (Lipinski definition) is 0. The molecule has 0 N–H and O–H groups in total. The van der Waals surface area contributed by atoms with Gasteiger partial charge in [0.25, 0.3) is 5.92 Å². The summed E-state index contributed by atoms with van der Waals surface area (Å²) in [6.45, 7) is 0. The predicted molar refractivity (Wildman–Crippen MR) is 51.6 cm³/mol. The van der Waals surface area contributed by atoms with E-state index in [1.165, 1.54) is 12.2 Å². The summed E-state index contributed by atoms with van der Waals surface area (Å²) >= 11 is 2.93. The van der Waals surface area contributed by atoms with Crippen LogP contribution in [0.1, 0.15) is 17.5 Å². The van der Waals surface area contributed by atoms with E-state index in [0.717, 1.165) is 6.07 Å². The molecule has 15 heavy (non-hydrogen) atoms. The van der Waals surface area contributed by atoms with E-state index in [0.29, 0.717) is 0 Å². The molecule has 0 aromatic heterocycles. The number of hydrogen-bond donors (Lipinski definition) is 0. The summed E-state index contributed by atoms with van der Waals surface area (Å²) in [5.74, 6) is -6.09. The molecule has 80 valence electrons. The summed E-state index contributed by atoms with van der Waals surface area (Å²) < 4.78 is 53.0. The van der Waals surface area contributed by atoms with Gasteiger partial charge in [-0.15, -0.1) is 0 Å². The van der Waals surface area contributed by atoms with E-state index in [-0.39, 0.29) is 10.0 Å². The molecule has 0 radical (unpaired) electrons. The maximum absolute atomic E-state index is 13.3. The highest BCUT2D eigenvalue weighted by Gasteiger charge is 2.39. The van der Waals surface area contributed by atoms with Crippen LogP contribution in [0.3, 0.4) is 0 Å². The number of allylic oxidation sites excluding steroid dienone is 1. The van der Waals surface area contributed by atoms with Crippen molar-refractivity contribution in [2.45, 2.75) is 12.3 Å². The van der Waals surface area contributed by atoms with Crippen LogP contribution in [0, 0.1) is 11.6 Å². The Morgan fingerprint density at radius 2 is 1.93 bits per heavy atom. The van der Waals surface area contributed by atoms with Crippen LogP contribution in [0.25, 0.3) is 6.08 Å². The van der Waals surface area contributed by atoms with Gasteiger partial charge >= 0.3 is 0 Å². The molecule has 0 unspecified atom stereocenters. The zero-order chi connectivity index (χ0) is 11.2. The minimum Gasteiger partial charge on any atom is -0.204 e. The smallest absolute Gasteiger partial charge is 0.204 e. The number of benzene rings is 1. The SMILES string of the molecule is Fc1cc(Br)c2c(c1F)C(F)(F)CC=C2. The highest BCUT2D eigenvalue weighted by molar-refractivity contribution is 9.10. The van der Waals surface area contributed by atoms with Crippen molar-refractivity contribution >= 4 is 22.0 Å². The molecule has 0 spiro atoms. The van der Waals surface area contributed by atoms with Crippen LogP contribution < -0.4 is 0 Å². The van der Waals surface area contributed by atoms with Crippen molar-refractivity contribution < 1.29 is 17.6 Å². The molecule has 2 rings (SSSR count). The summed E-state index contributed by atoms with van der Waals surface area (Å²) in [5, 5.41) is 0. The fourth-order valence-corrected chi connectivity index (χ4v) is 2.09. The van der Waals surface area contributed by atoms with Crippen LogP contribution in [0.2, 0.25) is 0 Å². The van der Waals surface area contributed by atoms with Crippen LogP contribution in [-0.2, 0) is 5.92 Å². The van der Waals surface area contributed by atoms with E-state index < -0.39 is 29.5 Å². The first kappa shape index (κ1) is 10.7. The molecular formula is C10H5BrF4. The summed E-state index contributed by atoms with van der Waals surface area (Å²) in [4.78, 5) is 0. The summed E-state index contributed by atoms with van der Waals surface area (Å²) in [6, 6.07) is 0.847. The van der Waals surface area contributed by atoms with Gasteiger partial charge in [-0.25, -0.2) is 17.6 Å². The van der Waals surface area contributed by atoms with Gasteiger partial charge in [0.1, 0.15) is 0 Å². The van der Waals surface area contributed by atoms with Crippen molar-refractivity contribution in [3.8, 4) is 0 Å². The molecule has 0 heterocycles. The molecule has 0 atom stereocenters. The number of halogens is 5. The van der Waals surface area contributed by atoms with Gasteiger partial charge in [0.2, 0.25) is 0 Å². The van der Waals surface area contributed by atoms with E-state index in [1.807, 2.05) is 0 Å². The molecule has 0 aliphatic heterocycles. The Hall–Kier alpha value is -0.840. The molecule has 1 aliphatic rings. The van der Waals surface area contributed by atoms with Crippen LogP contribution in [-0.4, -0.2) is 0 Å². The predicted octanol–water partition coefficient (Wildman–Crippen LogP) is 4.24. The first-order valence-electron chi connectivity index (χ1n) is 4.16. The molecular weight excluding hydrogens is 276 g/mol. The van der Waals surface area contributed by atoms with E-state index in [2.05, 4.69) is 15.9 Å². The minimum atomic E-state index is -3.35. The fourth-order valence-electron chi connectivity index (χ4n) is 1.56. The Morgan fingerprint density at radius 3 is 2.60 bits per heavy atom. The largest absolute Gasteiger partial charge is 0.280 e. The van der Waals surface area contributed by atoms with Gasteiger partial charge in [0.05, 0.1) is 5.56 Å². The van der Waals surface area contributed by atoms with Crippen molar-refractivity contribution in [1.29, 1.82) is 0 Å². The number of alkyl halides is 2. The second kappa shape index (κ2) is 3.33.